The van der Waals surface area contributed by atoms with Crippen LogP contribution in [0.1, 0.15) is 0 Å². The van der Waals surface area contributed by atoms with E-state index in [9.17, 15) is 0 Å². The van der Waals surface area contributed by atoms with Crippen LogP contribution in [0.2, 0.25) is 0 Å². The zero-order chi connectivity index (χ0) is 34.2. The Bertz CT molecular complexity index is 3130. The van der Waals surface area contributed by atoms with Gasteiger partial charge in [0.15, 0.2) is 0 Å². The molecule has 0 aliphatic heterocycles. The van der Waals surface area contributed by atoms with Gasteiger partial charge in [-0.15, -0.1) is 22.7 Å². The van der Waals surface area contributed by atoms with Crippen molar-refractivity contribution in [3.63, 3.8) is 0 Å². The van der Waals surface area contributed by atoms with Gasteiger partial charge in [-0.1, -0.05) is 103 Å². The molecule has 4 heteroatoms. The average molecular weight is 700 g/mol. The first kappa shape index (κ1) is 29.5. The summed E-state index contributed by atoms with van der Waals surface area (Å²) in [5.74, 6) is 0. The summed E-state index contributed by atoms with van der Waals surface area (Å²) in [6.45, 7) is 0. The highest BCUT2D eigenvalue weighted by molar-refractivity contribution is 7.26. The van der Waals surface area contributed by atoms with Gasteiger partial charge < -0.3 is 9.32 Å². The van der Waals surface area contributed by atoms with Crippen LogP contribution in [0.5, 0.6) is 0 Å². The van der Waals surface area contributed by atoms with Gasteiger partial charge in [0, 0.05) is 74.2 Å². The van der Waals surface area contributed by atoms with E-state index in [1.165, 1.54) is 62.6 Å². The van der Waals surface area contributed by atoms with Gasteiger partial charge in [-0.25, -0.2) is 0 Å². The SMILES string of the molecule is c1ccc2c(c1)oc1cc(N(c3ccc(-c4ccc5sc6ccccc6c5c4)cc3)c3ccc(-c4cccc5c4sc4ccccc45)cc3)ccc12. The number of hydrogen-bond donors (Lipinski definition) is 0. The molecule has 0 saturated carbocycles. The van der Waals surface area contributed by atoms with Gasteiger partial charge in [-0.3, -0.25) is 0 Å². The van der Waals surface area contributed by atoms with E-state index in [1.54, 1.807) is 0 Å². The average Bonchev–Trinajstić information content (AvgIpc) is 3.89. The predicted molar refractivity (Wildman–Crippen MR) is 225 cm³/mol. The molecule has 8 aromatic carbocycles. The van der Waals surface area contributed by atoms with Crippen LogP contribution >= 0.6 is 22.7 Å². The van der Waals surface area contributed by atoms with E-state index in [1.807, 2.05) is 34.8 Å². The van der Waals surface area contributed by atoms with Gasteiger partial charge in [0.25, 0.3) is 0 Å². The second-order valence-electron chi connectivity index (χ2n) is 13.3. The van der Waals surface area contributed by atoms with E-state index in [2.05, 4.69) is 169 Å². The highest BCUT2D eigenvalue weighted by Crippen LogP contribution is 2.43. The summed E-state index contributed by atoms with van der Waals surface area (Å²) in [5.41, 5.74) is 9.89. The van der Waals surface area contributed by atoms with Crippen molar-refractivity contribution in [3.05, 3.63) is 176 Å². The zero-order valence-electron chi connectivity index (χ0n) is 27.9. The Morgan fingerprint density at radius 2 is 0.923 bits per heavy atom. The van der Waals surface area contributed by atoms with Gasteiger partial charge in [-0.2, -0.15) is 0 Å². The van der Waals surface area contributed by atoms with Crippen LogP contribution in [0.4, 0.5) is 17.1 Å². The summed E-state index contributed by atoms with van der Waals surface area (Å²) < 4.78 is 11.7. The van der Waals surface area contributed by atoms with Gasteiger partial charge in [0.1, 0.15) is 11.2 Å². The van der Waals surface area contributed by atoms with E-state index < -0.39 is 0 Å². The van der Waals surface area contributed by atoms with Crippen molar-refractivity contribution in [3.8, 4) is 22.3 Å². The number of thiophene rings is 2. The molecule has 3 aromatic heterocycles. The highest BCUT2D eigenvalue weighted by atomic mass is 32.1. The normalized spacial score (nSPS) is 11.8. The van der Waals surface area contributed by atoms with Gasteiger partial charge in [-0.05, 0) is 89.0 Å². The first-order valence-electron chi connectivity index (χ1n) is 17.5. The molecule has 0 fully saturated rings. The largest absolute Gasteiger partial charge is 0.456 e. The van der Waals surface area contributed by atoms with Gasteiger partial charge in [0.05, 0.1) is 0 Å². The van der Waals surface area contributed by atoms with Crippen molar-refractivity contribution >= 4 is 102 Å². The maximum atomic E-state index is 6.37. The molecule has 0 aliphatic carbocycles. The van der Waals surface area contributed by atoms with Gasteiger partial charge >= 0.3 is 0 Å². The van der Waals surface area contributed by atoms with E-state index in [0.717, 1.165) is 39.0 Å². The Labute approximate surface area is 308 Å². The molecule has 0 atom stereocenters. The molecule has 3 heterocycles. The summed E-state index contributed by atoms with van der Waals surface area (Å²) in [5, 5.41) is 7.52. The monoisotopic (exact) mass is 699 g/mol. The molecule has 0 spiro atoms. The smallest absolute Gasteiger partial charge is 0.137 e. The fourth-order valence-electron chi connectivity index (χ4n) is 7.77. The van der Waals surface area contributed by atoms with E-state index in [4.69, 9.17) is 4.42 Å². The number of benzene rings is 8. The van der Waals surface area contributed by atoms with Crippen LogP contribution < -0.4 is 4.90 Å². The number of para-hydroxylation sites is 1. The molecule has 0 bridgehead atoms. The summed E-state index contributed by atoms with van der Waals surface area (Å²) in [6, 6.07) is 63.7. The number of furan rings is 1. The molecule has 0 amide bonds. The molecule has 11 rings (SSSR count). The minimum Gasteiger partial charge on any atom is -0.456 e. The molecule has 52 heavy (non-hydrogen) atoms. The van der Waals surface area contributed by atoms with Crippen molar-refractivity contribution in [2.24, 2.45) is 0 Å². The first-order valence-corrected chi connectivity index (χ1v) is 19.1. The fourth-order valence-corrected chi connectivity index (χ4v) is 10.1. The molecule has 0 saturated heterocycles. The summed E-state index contributed by atoms with van der Waals surface area (Å²) in [4.78, 5) is 2.33. The molecule has 0 unspecified atom stereocenters. The maximum Gasteiger partial charge on any atom is 0.137 e. The second-order valence-corrected chi connectivity index (χ2v) is 15.4. The first-order chi connectivity index (χ1) is 25.7. The number of fused-ring (bicyclic) bond motifs is 9. The highest BCUT2D eigenvalue weighted by Gasteiger charge is 2.17. The lowest BCUT2D eigenvalue weighted by atomic mass is 10.0. The van der Waals surface area contributed by atoms with Crippen LogP contribution in [-0.4, -0.2) is 0 Å². The third kappa shape index (κ3) is 4.69. The summed E-state index contributed by atoms with van der Waals surface area (Å²) in [7, 11) is 0. The van der Waals surface area contributed by atoms with Gasteiger partial charge in [0.2, 0.25) is 0 Å². The van der Waals surface area contributed by atoms with Crippen LogP contribution in [0.3, 0.4) is 0 Å². The second kappa shape index (κ2) is 11.7. The topological polar surface area (TPSA) is 16.4 Å². The van der Waals surface area contributed by atoms with Crippen LogP contribution in [0.15, 0.2) is 180 Å². The Morgan fingerprint density at radius 1 is 0.346 bits per heavy atom. The zero-order valence-corrected chi connectivity index (χ0v) is 29.5. The van der Waals surface area contributed by atoms with Crippen molar-refractivity contribution in [2.45, 2.75) is 0 Å². The number of anilines is 3. The van der Waals surface area contributed by atoms with Crippen molar-refractivity contribution in [2.75, 3.05) is 4.90 Å². The van der Waals surface area contributed by atoms with Crippen molar-refractivity contribution in [1.82, 2.24) is 0 Å². The molecule has 0 aliphatic rings. The lowest BCUT2D eigenvalue weighted by Gasteiger charge is -2.26. The third-order valence-electron chi connectivity index (χ3n) is 10.3. The van der Waals surface area contributed by atoms with Crippen LogP contribution in [-0.2, 0) is 0 Å². The maximum absolute atomic E-state index is 6.37. The Hall–Kier alpha value is -6.20. The molecule has 11 aromatic rings. The predicted octanol–water partition coefficient (Wildman–Crippen LogP) is 15.1. The third-order valence-corrected chi connectivity index (χ3v) is 12.7. The van der Waals surface area contributed by atoms with Crippen LogP contribution in [0.25, 0.3) is 84.5 Å². The lowest BCUT2D eigenvalue weighted by molar-refractivity contribution is 0.669. The Morgan fingerprint density at radius 3 is 1.71 bits per heavy atom. The molecule has 2 nitrogen and oxygen atoms in total. The van der Waals surface area contributed by atoms with Crippen LogP contribution in [0, 0.1) is 0 Å². The van der Waals surface area contributed by atoms with E-state index in [-0.39, 0.29) is 0 Å². The molecular weight excluding hydrogens is 671 g/mol. The summed E-state index contributed by atoms with van der Waals surface area (Å²) >= 11 is 3.73. The molecule has 244 valence electrons. The molecule has 0 N–H and O–H groups in total. The molecule has 0 radical (unpaired) electrons. The fraction of sp³-hybridized carbons (Fsp3) is 0. The lowest BCUT2D eigenvalue weighted by Crippen LogP contribution is -2.09. The van der Waals surface area contributed by atoms with Crippen molar-refractivity contribution < 1.29 is 4.42 Å². The Balaban J connectivity index is 1.02. The van der Waals surface area contributed by atoms with E-state index >= 15 is 0 Å². The quantitative estimate of drug-likeness (QED) is 0.178. The minimum atomic E-state index is 0.879. The minimum absolute atomic E-state index is 0.879. The summed E-state index contributed by atoms with van der Waals surface area (Å²) in [6.07, 6.45) is 0. The van der Waals surface area contributed by atoms with E-state index in [0.29, 0.717) is 0 Å². The van der Waals surface area contributed by atoms with Crippen molar-refractivity contribution in [1.29, 1.82) is 0 Å². The molecular formula is C48H29NOS2. The Kier molecular flexibility index (Phi) is 6.63. The standard InChI is InChI=1S/C48H29NOS2/c1-4-13-43-37(8-1)38-26-25-35(29-44(38)50-43)49(33-21-16-30(17-22-33)32-20-27-47-42(28-32)40-10-3-5-14-45(40)51-47)34-23-18-31(19-24-34)36-11-7-12-41-39-9-2-6-15-46(39)52-48(36)41/h1-29H. The number of hydrogen-bond acceptors (Lipinski definition) is 4. The number of rotatable bonds is 5. The number of nitrogens with zero attached hydrogens (tertiary/aromatic N) is 1.